The molecule has 1 N–H and O–H groups in total. The number of amides is 1. The molecule has 3 rings (SSSR count). The smallest absolute Gasteiger partial charge is 0.230 e. The summed E-state index contributed by atoms with van der Waals surface area (Å²) in [4.78, 5) is 14.0. The molecular weight excluding hydrogens is 331 g/mol. The van der Waals surface area contributed by atoms with Crippen molar-refractivity contribution in [2.75, 3.05) is 17.3 Å². The molecule has 26 heavy (non-hydrogen) atoms. The highest BCUT2D eigenvalue weighted by Gasteiger charge is 2.10. The topological polar surface area (TPSA) is 58.1 Å². The maximum Gasteiger partial charge on any atom is 0.230 e. The summed E-state index contributed by atoms with van der Waals surface area (Å²) in [6.07, 6.45) is -0.0516. The lowest BCUT2D eigenvalue weighted by molar-refractivity contribution is -0.115. The molecule has 0 aliphatic rings. The Balaban J connectivity index is 1.59. The van der Waals surface area contributed by atoms with Crippen LogP contribution in [0.2, 0.25) is 0 Å². The molecule has 6 heteroatoms. The van der Waals surface area contributed by atoms with Crippen LogP contribution in [0, 0.1) is 5.82 Å². The number of benzene rings is 2. The summed E-state index contributed by atoms with van der Waals surface area (Å²) in [5.41, 5.74) is 1.51. The molecule has 0 saturated carbocycles. The standard InChI is InChI=1S/C20H19FN4O/c1-25(14-15-7-3-2-4-8-15)19-12-11-18(23-24-19)22-20(26)13-16-9-5-6-10-17(16)21/h2-12H,13-14H2,1H3,(H,22,23,26). The monoisotopic (exact) mass is 350 g/mol. The van der Waals surface area contributed by atoms with Gasteiger partial charge in [-0.1, -0.05) is 48.5 Å². The van der Waals surface area contributed by atoms with Crippen LogP contribution in [0.15, 0.2) is 66.7 Å². The Hall–Kier alpha value is -3.28. The van der Waals surface area contributed by atoms with Crippen molar-refractivity contribution in [3.05, 3.63) is 83.7 Å². The van der Waals surface area contributed by atoms with Crippen molar-refractivity contribution in [3.63, 3.8) is 0 Å². The van der Waals surface area contributed by atoms with Crippen LogP contribution >= 0.6 is 0 Å². The second kappa shape index (κ2) is 8.20. The summed E-state index contributed by atoms with van der Waals surface area (Å²) < 4.78 is 13.6. The minimum Gasteiger partial charge on any atom is -0.354 e. The van der Waals surface area contributed by atoms with Crippen molar-refractivity contribution in [1.29, 1.82) is 0 Å². The van der Waals surface area contributed by atoms with Crippen molar-refractivity contribution in [2.24, 2.45) is 0 Å². The van der Waals surface area contributed by atoms with E-state index in [1.54, 1.807) is 30.3 Å². The highest BCUT2D eigenvalue weighted by atomic mass is 19.1. The fourth-order valence-corrected chi connectivity index (χ4v) is 2.54. The van der Waals surface area contributed by atoms with Gasteiger partial charge in [0.15, 0.2) is 11.6 Å². The minimum absolute atomic E-state index is 0.0516. The molecule has 0 fully saturated rings. The first kappa shape index (κ1) is 17.5. The SMILES string of the molecule is CN(Cc1ccccc1)c1ccc(NC(=O)Cc2ccccc2F)nn1. The fraction of sp³-hybridized carbons (Fsp3) is 0.150. The number of aromatic nitrogens is 2. The Morgan fingerprint density at radius 1 is 1.00 bits per heavy atom. The van der Waals surface area contributed by atoms with Gasteiger partial charge >= 0.3 is 0 Å². The van der Waals surface area contributed by atoms with Crippen molar-refractivity contribution in [1.82, 2.24) is 10.2 Å². The average Bonchev–Trinajstić information content (AvgIpc) is 2.65. The first-order valence-corrected chi connectivity index (χ1v) is 8.24. The Morgan fingerprint density at radius 2 is 1.73 bits per heavy atom. The van der Waals surface area contributed by atoms with Gasteiger partial charge in [-0.3, -0.25) is 4.79 Å². The summed E-state index contributed by atoms with van der Waals surface area (Å²) in [6, 6.07) is 19.7. The summed E-state index contributed by atoms with van der Waals surface area (Å²) in [7, 11) is 1.92. The maximum absolute atomic E-state index is 13.6. The van der Waals surface area contributed by atoms with E-state index in [-0.39, 0.29) is 12.3 Å². The second-order valence-electron chi connectivity index (χ2n) is 5.93. The van der Waals surface area contributed by atoms with Gasteiger partial charge in [-0.15, -0.1) is 10.2 Å². The van der Waals surface area contributed by atoms with Gasteiger partial charge in [0, 0.05) is 13.6 Å². The number of nitrogens with one attached hydrogen (secondary N) is 1. The van der Waals surface area contributed by atoms with E-state index in [4.69, 9.17) is 0 Å². The Morgan fingerprint density at radius 3 is 2.42 bits per heavy atom. The number of carbonyl (C=O) groups is 1. The molecule has 0 radical (unpaired) electrons. The number of anilines is 2. The first-order valence-electron chi connectivity index (χ1n) is 8.24. The van der Waals surface area contributed by atoms with Crippen LogP contribution in [-0.4, -0.2) is 23.2 Å². The van der Waals surface area contributed by atoms with Gasteiger partial charge < -0.3 is 10.2 Å². The van der Waals surface area contributed by atoms with Crippen LogP contribution in [0.1, 0.15) is 11.1 Å². The zero-order valence-corrected chi connectivity index (χ0v) is 14.4. The Labute approximate surface area is 151 Å². The van der Waals surface area contributed by atoms with Crippen LogP contribution in [-0.2, 0) is 17.8 Å². The van der Waals surface area contributed by atoms with Gasteiger partial charge in [0.05, 0.1) is 6.42 Å². The Bertz CT molecular complexity index is 868. The number of carbonyl (C=O) groups excluding carboxylic acids is 1. The van der Waals surface area contributed by atoms with Crippen LogP contribution in [0.5, 0.6) is 0 Å². The van der Waals surface area contributed by atoms with E-state index in [2.05, 4.69) is 15.5 Å². The van der Waals surface area contributed by atoms with Crippen LogP contribution < -0.4 is 10.2 Å². The number of hydrogen-bond donors (Lipinski definition) is 1. The van der Waals surface area contributed by atoms with Crippen LogP contribution in [0.4, 0.5) is 16.0 Å². The van der Waals surface area contributed by atoms with Crippen molar-refractivity contribution >= 4 is 17.5 Å². The highest BCUT2D eigenvalue weighted by molar-refractivity contribution is 5.91. The maximum atomic E-state index is 13.6. The minimum atomic E-state index is -0.397. The summed E-state index contributed by atoms with van der Waals surface area (Å²) in [5, 5.41) is 10.8. The zero-order valence-electron chi connectivity index (χ0n) is 14.4. The van der Waals surface area contributed by atoms with Gasteiger partial charge in [0.2, 0.25) is 5.91 Å². The molecule has 5 nitrogen and oxygen atoms in total. The van der Waals surface area contributed by atoms with E-state index in [1.165, 1.54) is 11.6 Å². The van der Waals surface area contributed by atoms with E-state index in [9.17, 15) is 9.18 Å². The molecule has 0 spiro atoms. The predicted molar refractivity (Wildman–Crippen MR) is 99.3 cm³/mol. The van der Waals surface area contributed by atoms with Crippen molar-refractivity contribution < 1.29 is 9.18 Å². The molecule has 0 unspecified atom stereocenters. The van der Waals surface area contributed by atoms with Gasteiger partial charge in [-0.2, -0.15) is 0 Å². The highest BCUT2D eigenvalue weighted by Crippen LogP contribution is 2.14. The largest absolute Gasteiger partial charge is 0.354 e. The molecule has 0 bridgehead atoms. The lowest BCUT2D eigenvalue weighted by Crippen LogP contribution is -2.19. The molecule has 1 amide bonds. The van der Waals surface area contributed by atoms with Gasteiger partial charge in [-0.25, -0.2) is 4.39 Å². The molecule has 2 aromatic carbocycles. The van der Waals surface area contributed by atoms with Gasteiger partial charge in [-0.05, 0) is 29.3 Å². The fourth-order valence-electron chi connectivity index (χ4n) is 2.54. The van der Waals surface area contributed by atoms with Gasteiger partial charge in [0.1, 0.15) is 5.82 Å². The third-order valence-corrected chi connectivity index (χ3v) is 3.88. The molecule has 1 aromatic heterocycles. The van der Waals surface area contributed by atoms with E-state index >= 15 is 0 Å². The molecule has 0 saturated heterocycles. The molecule has 0 aliphatic carbocycles. The molecule has 132 valence electrons. The van der Waals surface area contributed by atoms with Crippen molar-refractivity contribution in [2.45, 2.75) is 13.0 Å². The van der Waals surface area contributed by atoms with Gasteiger partial charge in [0.25, 0.3) is 0 Å². The van der Waals surface area contributed by atoms with Crippen LogP contribution in [0.3, 0.4) is 0 Å². The van der Waals surface area contributed by atoms with E-state index < -0.39 is 5.82 Å². The third-order valence-electron chi connectivity index (χ3n) is 3.88. The average molecular weight is 350 g/mol. The number of nitrogens with zero attached hydrogens (tertiary/aromatic N) is 3. The second-order valence-corrected chi connectivity index (χ2v) is 5.93. The summed E-state index contributed by atoms with van der Waals surface area (Å²) in [6.45, 7) is 0.703. The van der Waals surface area contributed by atoms with E-state index in [0.29, 0.717) is 23.7 Å². The third kappa shape index (κ3) is 4.63. The quantitative estimate of drug-likeness (QED) is 0.740. The zero-order chi connectivity index (χ0) is 18.4. The Kier molecular flexibility index (Phi) is 5.53. The normalized spacial score (nSPS) is 10.4. The first-order chi connectivity index (χ1) is 12.6. The molecular formula is C20H19FN4O. The number of rotatable bonds is 6. The lowest BCUT2D eigenvalue weighted by Gasteiger charge is -2.17. The molecule has 3 aromatic rings. The molecule has 0 atom stereocenters. The number of halogens is 1. The van der Waals surface area contributed by atoms with E-state index in [0.717, 1.165) is 0 Å². The molecule has 0 aliphatic heterocycles. The van der Waals surface area contributed by atoms with E-state index in [1.807, 2.05) is 42.3 Å². The summed E-state index contributed by atoms with van der Waals surface area (Å²) in [5.74, 6) is 0.297. The molecule has 1 heterocycles. The predicted octanol–water partition coefficient (Wildman–Crippen LogP) is 3.43. The number of hydrogen-bond acceptors (Lipinski definition) is 4. The lowest BCUT2D eigenvalue weighted by atomic mass is 10.1. The summed E-state index contributed by atoms with van der Waals surface area (Å²) >= 11 is 0. The van der Waals surface area contributed by atoms with Crippen molar-refractivity contribution in [3.8, 4) is 0 Å². The van der Waals surface area contributed by atoms with Crippen LogP contribution in [0.25, 0.3) is 0 Å².